The molecule has 2 N–H and O–H groups in total. The molecule has 0 saturated carbocycles. The van der Waals surface area contributed by atoms with Gasteiger partial charge in [-0.15, -0.1) is 0 Å². The highest BCUT2D eigenvalue weighted by molar-refractivity contribution is 9.10. The van der Waals surface area contributed by atoms with Crippen LogP contribution in [-0.2, 0) is 0 Å². The maximum absolute atomic E-state index is 13.2. The molecule has 1 heterocycles. The lowest BCUT2D eigenvalue weighted by Gasteiger charge is -2.09. The number of nitrogens with one attached hydrogen (secondary N) is 2. The van der Waals surface area contributed by atoms with Gasteiger partial charge in [0.05, 0.1) is 11.1 Å². The number of amides is 1. The molecule has 0 fully saturated rings. The summed E-state index contributed by atoms with van der Waals surface area (Å²) in [7, 11) is 0. The molecule has 24 heavy (non-hydrogen) atoms. The third kappa shape index (κ3) is 3.05. The number of benzene rings is 2. The highest BCUT2D eigenvalue weighted by atomic mass is 79.9. The van der Waals surface area contributed by atoms with Crippen LogP contribution in [0.25, 0.3) is 10.9 Å². The lowest BCUT2D eigenvalue weighted by molar-refractivity contribution is 0.102. The van der Waals surface area contributed by atoms with Crippen LogP contribution in [0.5, 0.6) is 0 Å². The smallest absolute Gasteiger partial charge is 0.256 e. The van der Waals surface area contributed by atoms with Crippen LogP contribution in [0.1, 0.15) is 10.4 Å². The second-order valence-electron chi connectivity index (χ2n) is 4.95. The first kappa shape index (κ1) is 16.3. The average Bonchev–Trinajstić information content (AvgIpc) is 2.51. The first-order chi connectivity index (χ1) is 11.3. The summed E-state index contributed by atoms with van der Waals surface area (Å²) < 4.78 is 40.1. The molecule has 0 bridgehead atoms. The number of halogens is 4. The van der Waals surface area contributed by atoms with Crippen LogP contribution in [0, 0.1) is 17.5 Å². The highest BCUT2D eigenvalue weighted by Gasteiger charge is 2.15. The molecular formula is C16H8BrF3N2O2. The van der Waals surface area contributed by atoms with Crippen molar-refractivity contribution in [3.63, 3.8) is 0 Å². The van der Waals surface area contributed by atoms with E-state index >= 15 is 0 Å². The third-order valence-electron chi connectivity index (χ3n) is 3.29. The van der Waals surface area contributed by atoms with E-state index in [0.29, 0.717) is 27.5 Å². The highest BCUT2D eigenvalue weighted by Crippen LogP contribution is 2.22. The zero-order chi connectivity index (χ0) is 17.4. The molecule has 0 aliphatic rings. The van der Waals surface area contributed by atoms with Gasteiger partial charge in [0.1, 0.15) is 0 Å². The van der Waals surface area contributed by atoms with E-state index in [0.717, 1.165) is 6.07 Å². The molecule has 0 unspecified atom stereocenters. The SMILES string of the molecule is O=C(Nc1cc(F)c(F)c(F)c1)c1cc(=O)[nH]c2cc(Br)ccc12. The second-order valence-corrected chi connectivity index (χ2v) is 5.86. The number of hydrogen-bond donors (Lipinski definition) is 2. The van der Waals surface area contributed by atoms with Crippen LogP contribution in [-0.4, -0.2) is 10.9 Å². The molecule has 2 aromatic carbocycles. The summed E-state index contributed by atoms with van der Waals surface area (Å²) in [5.41, 5.74) is -0.339. The molecule has 0 aliphatic carbocycles. The van der Waals surface area contributed by atoms with E-state index < -0.39 is 28.9 Å². The molecule has 0 spiro atoms. The van der Waals surface area contributed by atoms with Crippen molar-refractivity contribution in [3.8, 4) is 0 Å². The van der Waals surface area contributed by atoms with Crippen molar-refractivity contribution < 1.29 is 18.0 Å². The Bertz CT molecular complexity index is 1010. The van der Waals surface area contributed by atoms with Gasteiger partial charge in [0.25, 0.3) is 5.91 Å². The minimum Gasteiger partial charge on any atom is -0.322 e. The Hall–Kier alpha value is -2.61. The van der Waals surface area contributed by atoms with Crippen molar-refractivity contribution in [1.82, 2.24) is 4.98 Å². The number of H-pyrrole nitrogens is 1. The molecule has 8 heteroatoms. The molecule has 122 valence electrons. The lowest BCUT2D eigenvalue weighted by atomic mass is 10.1. The number of aromatic amines is 1. The largest absolute Gasteiger partial charge is 0.322 e. The predicted molar refractivity (Wildman–Crippen MR) is 86.5 cm³/mol. The molecule has 1 aromatic heterocycles. The number of fused-ring (bicyclic) bond motifs is 1. The summed E-state index contributed by atoms with van der Waals surface area (Å²) in [4.78, 5) is 26.6. The van der Waals surface area contributed by atoms with Crippen molar-refractivity contribution in [3.05, 3.63) is 74.2 Å². The Morgan fingerprint density at radius 1 is 1.04 bits per heavy atom. The third-order valence-corrected chi connectivity index (χ3v) is 3.78. The van der Waals surface area contributed by atoms with Crippen molar-refractivity contribution in [2.24, 2.45) is 0 Å². The van der Waals surface area contributed by atoms with E-state index in [1.54, 1.807) is 18.2 Å². The van der Waals surface area contributed by atoms with Gasteiger partial charge in [-0.25, -0.2) is 13.2 Å². The summed E-state index contributed by atoms with van der Waals surface area (Å²) in [6.45, 7) is 0. The van der Waals surface area contributed by atoms with Crippen molar-refractivity contribution in [1.29, 1.82) is 0 Å². The molecule has 0 atom stereocenters. The monoisotopic (exact) mass is 396 g/mol. The van der Waals surface area contributed by atoms with Crippen LogP contribution < -0.4 is 10.9 Å². The number of pyridine rings is 1. The number of hydrogen-bond acceptors (Lipinski definition) is 2. The number of carbonyl (C=O) groups is 1. The van der Waals surface area contributed by atoms with Crippen molar-refractivity contribution >= 4 is 38.4 Å². The standard InChI is InChI=1S/C16H8BrF3N2O2/c17-7-1-2-9-10(6-14(23)22-13(9)3-7)16(24)21-8-4-11(18)15(20)12(19)5-8/h1-6H,(H,21,24)(H,22,23). The summed E-state index contributed by atoms with van der Waals surface area (Å²) in [5.74, 6) is -5.23. The number of carbonyl (C=O) groups excluding carboxylic acids is 1. The summed E-state index contributed by atoms with van der Waals surface area (Å²) in [6, 6.07) is 7.28. The summed E-state index contributed by atoms with van der Waals surface area (Å²) >= 11 is 3.25. The van der Waals surface area contributed by atoms with Gasteiger partial charge in [0, 0.05) is 33.7 Å². The van der Waals surface area contributed by atoms with E-state index in [2.05, 4.69) is 26.2 Å². The van der Waals surface area contributed by atoms with Gasteiger partial charge in [-0.3, -0.25) is 9.59 Å². The van der Waals surface area contributed by atoms with Crippen LogP contribution in [0.2, 0.25) is 0 Å². The van der Waals surface area contributed by atoms with Gasteiger partial charge in [-0.1, -0.05) is 22.0 Å². The lowest BCUT2D eigenvalue weighted by Crippen LogP contribution is -2.17. The Kier molecular flexibility index (Phi) is 4.15. The maximum atomic E-state index is 13.2. The quantitative estimate of drug-likeness (QED) is 0.644. The Labute approximate surface area is 141 Å². The van der Waals surface area contributed by atoms with Crippen molar-refractivity contribution in [2.45, 2.75) is 0 Å². The van der Waals surface area contributed by atoms with Crippen LogP contribution in [0.4, 0.5) is 18.9 Å². The van der Waals surface area contributed by atoms with E-state index in [1.165, 1.54) is 0 Å². The summed E-state index contributed by atoms with van der Waals surface area (Å²) in [5, 5.41) is 2.69. The van der Waals surface area contributed by atoms with Gasteiger partial charge in [-0.05, 0) is 12.1 Å². The first-order valence-corrected chi connectivity index (χ1v) is 7.43. The Morgan fingerprint density at radius 3 is 2.38 bits per heavy atom. The topological polar surface area (TPSA) is 62.0 Å². The van der Waals surface area contributed by atoms with Crippen molar-refractivity contribution in [2.75, 3.05) is 5.32 Å². The van der Waals surface area contributed by atoms with E-state index in [9.17, 15) is 22.8 Å². The molecule has 0 saturated heterocycles. The van der Waals surface area contributed by atoms with E-state index in [1.807, 2.05) is 0 Å². The normalized spacial score (nSPS) is 10.8. The number of anilines is 1. The second kappa shape index (κ2) is 6.12. The van der Waals surface area contributed by atoms with Crippen LogP contribution in [0.3, 0.4) is 0 Å². The van der Waals surface area contributed by atoms with Gasteiger partial charge in [0.15, 0.2) is 17.5 Å². The van der Waals surface area contributed by atoms with E-state index in [-0.39, 0.29) is 11.3 Å². The number of aromatic nitrogens is 1. The fourth-order valence-electron chi connectivity index (χ4n) is 2.25. The van der Waals surface area contributed by atoms with Crippen LogP contribution in [0.15, 0.2) is 45.7 Å². The number of rotatable bonds is 2. The minimum atomic E-state index is -1.63. The van der Waals surface area contributed by atoms with Gasteiger partial charge in [-0.2, -0.15) is 0 Å². The molecule has 3 rings (SSSR count). The van der Waals surface area contributed by atoms with E-state index in [4.69, 9.17) is 0 Å². The molecular weight excluding hydrogens is 389 g/mol. The van der Waals surface area contributed by atoms with Crippen LogP contribution >= 0.6 is 15.9 Å². The van der Waals surface area contributed by atoms with Gasteiger partial charge < -0.3 is 10.3 Å². The first-order valence-electron chi connectivity index (χ1n) is 6.63. The summed E-state index contributed by atoms with van der Waals surface area (Å²) in [6.07, 6.45) is 0. The fraction of sp³-hybridized carbons (Fsp3) is 0. The Balaban J connectivity index is 2.05. The molecule has 3 aromatic rings. The molecule has 4 nitrogen and oxygen atoms in total. The molecule has 1 amide bonds. The van der Waals surface area contributed by atoms with Gasteiger partial charge in [0.2, 0.25) is 5.56 Å². The average molecular weight is 397 g/mol. The molecule has 0 aliphatic heterocycles. The zero-order valence-corrected chi connectivity index (χ0v) is 13.4. The fourth-order valence-corrected chi connectivity index (χ4v) is 2.61. The maximum Gasteiger partial charge on any atom is 0.256 e. The Morgan fingerprint density at radius 2 is 1.71 bits per heavy atom. The predicted octanol–water partition coefficient (Wildman–Crippen LogP) is 3.96. The van der Waals surface area contributed by atoms with Gasteiger partial charge >= 0.3 is 0 Å². The molecule has 0 radical (unpaired) electrons. The zero-order valence-electron chi connectivity index (χ0n) is 11.8. The minimum absolute atomic E-state index is 0.0198.